The largest absolute Gasteiger partial charge is 0.310 e. The molecule has 0 saturated heterocycles. The Balaban J connectivity index is 1.67. The van der Waals surface area contributed by atoms with E-state index in [2.05, 4.69) is 136 Å². The number of hydrogen-bond acceptors (Lipinski definition) is 1. The van der Waals surface area contributed by atoms with Crippen molar-refractivity contribution in [2.45, 2.75) is 38.5 Å². The van der Waals surface area contributed by atoms with Crippen LogP contribution in [0.3, 0.4) is 0 Å². The van der Waals surface area contributed by atoms with Crippen molar-refractivity contribution in [3.05, 3.63) is 125 Å². The third kappa shape index (κ3) is 2.59. The molecule has 0 heterocycles. The lowest BCUT2D eigenvalue weighted by Crippen LogP contribution is -2.23. The van der Waals surface area contributed by atoms with E-state index in [4.69, 9.17) is 0 Å². The van der Waals surface area contributed by atoms with Crippen LogP contribution in [0.4, 0.5) is 17.1 Å². The number of rotatable bonds is 3. The molecule has 2 aliphatic carbocycles. The minimum absolute atomic E-state index is 0.0321. The fourth-order valence-corrected chi connectivity index (χ4v) is 6.75. The third-order valence-electron chi connectivity index (χ3n) is 8.37. The zero-order valence-corrected chi connectivity index (χ0v) is 20.8. The van der Waals surface area contributed by atoms with Crippen LogP contribution in [-0.2, 0) is 10.8 Å². The Morgan fingerprint density at radius 3 is 1.69 bits per heavy atom. The lowest BCUT2D eigenvalue weighted by Gasteiger charge is -2.36. The Labute approximate surface area is 207 Å². The second-order valence-corrected chi connectivity index (χ2v) is 11.0. The first-order valence-corrected chi connectivity index (χ1v) is 12.6. The van der Waals surface area contributed by atoms with E-state index in [-0.39, 0.29) is 10.8 Å². The highest BCUT2D eigenvalue weighted by Crippen LogP contribution is 2.62. The molecule has 0 bridgehead atoms. The number of anilines is 3. The Morgan fingerprint density at radius 2 is 1.06 bits per heavy atom. The smallest absolute Gasteiger partial charge is 0.0515 e. The Hall–Kier alpha value is -3.84. The molecule has 0 unspecified atom stereocenters. The molecule has 35 heavy (non-hydrogen) atoms. The van der Waals surface area contributed by atoms with Gasteiger partial charge in [-0.15, -0.1) is 0 Å². The highest BCUT2D eigenvalue weighted by Gasteiger charge is 2.46. The van der Waals surface area contributed by atoms with Gasteiger partial charge in [-0.2, -0.15) is 0 Å². The van der Waals surface area contributed by atoms with Crippen molar-refractivity contribution in [1.82, 2.24) is 0 Å². The van der Waals surface area contributed by atoms with Crippen LogP contribution in [-0.4, -0.2) is 0 Å². The summed E-state index contributed by atoms with van der Waals surface area (Å²) in [5.41, 5.74) is 12.2. The molecular weight excluding hydrogens is 422 g/mol. The van der Waals surface area contributed by atoms with E-state index in [0.29, 0.717) is 0 Å². The molecule has 0 aromatic heterocycles. The Bertz CT molecular complexity index is 1590. The van der Waals surface area contributed by atoms with Gasteiger partial charge >= 0.3 is 0 Å². The Morgan fingerprint density at radius 1 is 0.514 bits per heavy atom. The van der Waals surface area contributed by atoms with Crippen LogP contribution in [0.2, 0.25) is 0 Å². The predicted octanol–water partition coefficient (Wildman–Crippen LogP) is 9.26. The SMILES string of the molecule is CC1(C)c2cccc3c2-c2c1c(N(c1ccccc1)c1ccccc1)cc1cccc(c21)C3(C)C. The zero-order chi connectivity index (χ0) is 23.9. The van der Waals surface area contributed by atoms with Gasteiger partial charge in [-0.1, -0.05) is 100 Å². The van der Waals surface area contributed by atoms with Crippen LogP contribution >= 0.6 is 0 Å². The molecule has 5 aromatic carbocycles. The van der Waals surface area contributed by atoms with Crippen molar-refractivity contribution in [3.63, 3.8) is 0 Å². The van der Waals surface area contributed by atoms with Gasteiger partial charge in [0.15, 0.2) is 0 Å². The molecule has 0 saturated carbocycles. The minimum atomic E-state index is -0.112. The van der Waals surface area contributed by atoms with Gasteiger partial charge in [0.05, 0.1) is 5.69 Å². The quantitative estimate of drug-likeness (QED) is 0.264. The second-order valence-electron chi connectivity index (χ2n) is 11.0. The van der Waals surface area contributed by atoms with Crippen LogP contribution in [0, 0.1) is 0 Å². The molecule has 7 rings (SSSR count). The molecule has 0 aliphatic heterocycles. The summed E-state index contributed by atoms with van der Waals surface area (Å²) in [4.78, 5) is 2.45. The average Bonchev–Trinajstić information content (AvgIpc) is 3.12. The fraction of sp³-hybridized carbons (Fsp3) is 0.176. The molecular formula is C34H29N. The van der Waals surface area contributed by atoms with Crippen molar-refractivity contribution in [2.75, 3.05) is 4.90 Å². The maximum Gasteiger partial charge on any atom is 0.0515 e. The summed E-state index contributed by atoms with van der Waals surface area (Å²) < 4.78 is 0. The maximum absolute atomic E-state index is 2.45. The number of benzene rings is 5. The van der Waals surface area contributed by atoms with Crippen molar-refractivity contribution >= 4 is 27.8 Å². The van der Waals surface area contributed by atoms with Gasteiger partial charge in [-0.3, -0.25) is 0 Å². The van der Waals surface area contributed by atoms with E-state index in [9.17, 15) is 0 Å². The highest BCUT2D eigenvalue weighted by molar-refractivity contribution is 6.11. The summed E-state index contributed by atoms with van der Waals surface area (Å²) in [7, 11) is 0. The summed E-state index contributed by atoms with van der Waals surface area (Å²) in [5, 5.41) is 2.75. The molecule has 0 radical (unpaired) electrons. The van der Waals surface area contributed by atoms with Gasteiger partial charge in [-0.05, 0) is 74.5 Å². The van der Waals surface area contributed by atoms with E-state index in [0.717, 1.165) is 0 Å². The number of para-hydroxylation sites is 2. The topological polar surface area (TPSA) is 3.24 Å². The molecule has 0 atom stereocenters. The monoisotopic (exact) mass is 451 g/mol. The molecule has 1 nitrogen and oxygen atoms in total. The molecule has 0 amide bonds. The minimum Gasteiger partial charge on any atom is -0.310 e. The first-order valence-electron chi connectivity index (χ1n) is 12.6. The van der Waals surface area contributed by atoms with Crippen molar-refractivity contribution in [1.29, 1.82) is 0 Å². The van der Waals surface area contributed by atoms with Crippen LogP contribution in [0.25, 0.3) is 21.9 Å². The maximum atomic E-state index is 2.45. The van der Waals surface area contributed by atoms with Gasteiger partial charge in [0, 0.05) is 22.2 Å². The predicted molar refractivity (Wildman–Crippen MR) is 148 cm³/mol. The van der Waals surface area contributed by atoms with Crippen LogP contribution in [0.1, 0.15) is 49.9 Å². The Kier molecular flexibility index (Phi) is 4.02. The van der Waals surface area contributed by atoms with Gasteiger partial charge in [0.2, 0.25) is 0 Å². The summed E-state index contributed by atoms with van der Waals surface area (Å²) >= 11 is 0. The normalized spacial score (nSPS) is 15.9. The summed E-state index contributed by atoms with van der Waals surface area (Å²) in [6.45, 7) is 9.59. The first-order chi connectivity index (χ1) is 16.9. The molecule has 2 aliphatic rings. The lowest BCUT2D eigenvalue weighted by atomic mass is 9.68. The van der Waals surface area contributed by atoms with E-state index >= 15 is 0 Å². The van der Waals surface area contributed by atoms with E-state index < -0.39 is 0 Å². The van der Waals surface area contributed by atoms with Crippen LogP contribution in [0.15, 0.2) is 103 Å². The van der Waals surface area contributed by atoms with Crippen molar-refractivity contribution in [3.8, 4) is 11.1 Å². The highest BCUT2D eigenvalue weighted by atomic mass is 15.1. The van der Waals surface area contributed by atoms with Crippen molar-refractivity contribution in [2.24, 2.45) is 0 Å². The molecule has 5 aromatic rings. The summed E-state index contributed by atoms with van der Waals surface area (Å²) in [6.07, 6.45) is 0. The molecule has 0 N–H and O–H groups in total. The second kappa shape index (κ2) is 6.86. The molecule has 170 valence electrons. The average molecular weight is 452 g/mol. The summed E-state index contributed by atoms with van der Waals surface area (Å²) in [5.74, 6) is 0. The van der Waals surface area contributed by atoms with Gasteiger partial charge in [0.1, 0.15) is 0 Å². The molecule has 1 heteroatoms. The van der Waals surface area contributed by atoms with Crippen LogP contribution < -0.4 is 4.90 Å². The number of nitrogens with zero attached hydrogens (tertiary/aromatic N) is 1. The van der Waals surface area contributed by atoms with E-state index in [1.165, 1.54) is 61.2 Å². The van der Waals surface area contributed by atoms with E-state index in [1.54, 1.807) is 0 Å². The van der Waals surface area contributed by atoms with Gasteiger partial charge in [0.25, 0.3) is 0 Å². The summed E-state index contributed by atoms with van der Waals surface area (Å²) in [6, 6.07) is 37.9. The zero-order valence-electron chi connectivity index (χ0n) is 20.8. The first kappa shape index (κ1) is 20.5. The lowest BCUT2D eigenvalue weighted by molar-refractivity contribution is 0.639. The molecule has 0 fully saturated rings. The standard InChI is InChI=1S/C34H29N/c1-33(2)25-18-11-13-22-21-28(35(23-14-7-5-8-15-23)24-16-9-6-10-17-24)32-31(29(22)25)30-26(33)19-12-20-27(30)34(32,3)4/h5-21H,1-4H3. The van der Waals surface area contributed by atoms with Gasteiger partial charge < -0.3 is 4.90 Å². The van der Waals surface area contributed by atoms with Gasteiger partial charge in [-0.25, -0.2) is 0 Å². The fourth-order valence-electron chi connectivity index (χ4n) is 6.75. The van der Waals surface area contributed by atoms with Crippen molar-refractivity contribution < 1.29 is 0 Å². The third-order valence-corrected chi connectivity index (χ3v) is 8.37. The van der Waals surface area contributed by atoms with Crippen LogP contribution in [0.5, 0.6) is 0 Å². The van der Waals surface area contributed by atoms with E-state index in [1.807, 2.05) is 0 Å². The number of hydrogen-bond donors (Lipinski definition) is 0. The molecule has 0 spiro atoms.